The monoisotopic (exact) mass is 533 g/mol. The van der Waals surface area contributed by atoms with Crippen molar-refractivity contribution in [3.8, 4) is 22.6 Å². The minimum Gasteiger partial charge on any atom is -0.492 e. The molecule has 204 valence electrons. The molecule has 0 saturated carbocycles. The fourth-order valence-corrected chi connectivity index (χ4v) is 4.39. The number of carbonyl (C=O) groups is 1. The molecule has 10 nitrogen and oxygen atoms in total. The third-order valence-corrected chi connectivity index (χ3v) is 6.33. The Morgan fingerprint density at radius 2 is 1.72 bits per heavy atom. The molecule has 0 aliphatic carbocycles. The van der Waals surface area contributed by atoms with Crippen molar-refractivity contribution in [3.05, 3.63) is 103 Å². The number of rotatable bonds is 11. The summed E-state index contributed by atoms with van der Waals surface area (Å²) in [5, 5.41) is 11.3. The van der Waals surface area contributed by atoms with Crippen molar-refractivity contribution in [2.75, 3.05) is 19.8 Å². The van der Waals surface area contributed by atoms with E-state index in [-0.39, 0.29) is 6.54 Å². The lowest BCUT2D eigenvalue weighted by atomic mass is 9.90. The first-order valence-corrected chi connectivity index (χ1v) is 12.5. The third kappa shape index (κ3) is 6.85. The van der Waals surface area contributed by atoms with Gasteiger partial charge in [0.05, 0.1) is 13.1 Å². The first kappa shape index (κ1) is 27.5. The van der Waals surface area contributed by atoms with Gasteiger partial charge in [-0.1, -0.05) is 30.3 Å². The number of amides is 1. The fraction of sp³-hybridized carbons (Fsp3) is 0.276. The van der Waals surface area contributed by atoms with Gasteiger partial charge < -0.3 is 24.4 Å². The summed E-state index contributed by atoms with van der Waals surface area (Å²) in [5.74, 6) is 0.180. The Bertz CT molecular complexity index is 1540. The molecule has 0 saturated heterocycles. The number of H-pyrrole nitrogens is 1. The van der Waals surface area contributed by atoms with E-state index in [1.54, 1.807) is 0 Å². The van der Waals surface area contributed by atoms with Crippen molar-refractivity contribution in [1.82, 2.24) is 15.0 Å². The third-order valence-electron chi connectivity index (χ3n) is 6.33. The SMILES string of the molecule is Cc1cc(OCCNC(=O)CO)cc(C)c1-c1cccc(COc2ccc(Cn3oc(=O)[nH]c3=O)cc2)c1C. The molecule has 1 heterocycles. The Morgan fingerprint density at radius 3 is 2.36 bits per heavy atom. The standard InChI is InChI=1S/C29H31N3O7/c1-18-13-24(37-12-11-30-26(34)16-33)14-19(2)27(18)25-6-4-5-22(20(25)3)17-38-23-9-7-21(8-10-23)15-32-28(35)31-29(36)39-32/h4-10,13-14,33H,11-12,15-17H2,1-3H3,(H,30,34)(H,31,35,36). The molecule has 0 aliphatic rings. The molecule has 0 atom stereocenters. The van der Waals surface area contributed by atoms with Crippen molar-refractivity contribution >= 4 is 5.91 Å². The van der Waals surface area contributed by atoms with Crippen LogP contribution in [0.15, 0.2) is 68.7 Å². The molecule has 0 radical (unpaired) electrons. The van der Waals surface area contributed by atoms with Gasteiger partial charge in [0, 0.05) is 0 Å². The number of hydrogen-bond donors (Lipinski definition) is 3. The van der Waals surface area contributed by atoms with Gasteiger partial charge >= 0.3 is 11.4 Å². The molecule has 39 heavy (non-hydrogen) atoms. The zero-order valence-corrected chi connectivity index (χ0v) is 22.1. The van der Waals surface area contributed by atoms with Crippen LogP contribution in [0.25, 0.3) is 11.1 Å². The zero-order chi connectivity index (χ0) is 27.9. The normalized spacial score (nSPS) is 10.9. The van der Waals surface area contributed by atoms with Crippen LogP contribution in [0.2, 0.25) is 0 Å². The van der Waals surface area contributed by atoms with Crippen LogP contribution >= 0.6 is 0 Å². The Labute approximate surface area is 224 Å². The van der Waals surface area contributed by atoms with Gasteiger partial charge in [0.2, 0.25) is 5.91 Å². The maximum atomic E-state index is 11.6. The van der Waals surface area contributed by atoms with Gasteiger partial charge in [0.15, 0.2) is 0 Å². The number of aryl methyl sites for hydroxylation is 2. The number of aliphatic hydroxyl groups excluding tert-OH is 1. The second kappa shape index (κ2) is 12.3. The van der Waals surface area contributed by atoms with Gasteiger partial charge in [-0.25, -0.2) is 14.6 Å². The smallest absolute Gasteiger partial charge is 0.440 e. The van der Waals surface area contributed by atoms with Crippen LogP contribution in [-0.4, -0.2) is 40.5 Å². The number of ether oxygens (including phenoxy) is 2. The highest BCUT2D eigenvalue weighted by molar-refractivity contribution is 5.77. The molecule has 0 aliphatic heterocycles. The topological polar surface area (TPSA) is 136 Å². The zero-order valence-electron chi connectivity index (χ0n) is 22.1. The lowest BCUT2D eigenvalue weighted by Crippen LogP contribution is -2.30. The van der Waals surface area contributed by atoms with Crippen LogP contribution in [0.3, 0.4) is 0 Å². The van der Waals surface area contributed by atoms with Crippen LogP contribution in [0, 0.1) is 20.8 Å². The Morgan fingerprint density at radius 1 is 1.00 bits per heavy atom. The van der Waals surface area contributed by atoms with Crippen LogP contribution < -0.4 is 26.2 Å². The van der Waals surface area contributed by atoms with Gasteiger partial charge in [-0.15, -0.1) is 4.74 Å². The van der Waals surface area contributed by atoms with E-state index in [9.17, 15) is 14.4 Å². The first-order chi connectivity index (χ1) is 18.7. The number of aliphatic hydroxyl groups is 1. The summed E-state index contributed by atoms with van der Waals surface area (Å²) in [6.45, 7) is 6.76. The second-order valence-corrected chi connectivity index (χ2v) is 9.16. The molecule has 1 aromatic heterocycles. The average molecular weight is 534 g/mol. The van der Waals surface area contributed by atoms with E-state index >= 15 is 0 Å². The molecule has 0 fully saturated rings. The number of aromatic amines is 1. The summed E-state index contributed by atoms with van der Waals surface area (Å²) >= 11 is 0. The van der Waals surface area contributed by atoms with E-state index in [1.807, 2.05) is 62.4 Å². The van der Waals surface area contributed by atoms with Gasteiger partial charge in [-0.3, -0.25) is 4.79 Å². The van der Waals surface area contributed by atoms with Crippen molar-refractivity contribution in [1.29, 1.82) is 0 Å². The number of carbonyl (C=O) groups excluding carboxylic acids is 1. The molecule has 3 aromatic carbocycles. The van der Waals surface area contributed by atoms with E-state index in [1.165, 1.54) is 0 Å². The Hall–Kier alpha value is -4.57. The van der Waals surface area contributed by atoms with E-state index in [2.05, 4.69) is 23.3 Å². The van der Waals surface area contributed by atoms with Crippen molar-refractivity contribution < 1.29 is 23.9 Å². The van der Waals surface area contributed by atoms with Gasteiger partial charge in [-0.2, -0.15) is 0 Å². The molecule has 10 heteroatoms. The maximum absolute atomic E-state index is 11.6. The van der Waals surface area contributed by atoms with E-state index < -0.39 is 24.0 Å². The van der Waals surface area contributed by atoms with E-state index in [4.69, 9.17) is 19.1 Å². The number of hydrogen-bond acceptors (Lipinski definition) is 7. The quantitative estimate of drug-likeness (QED) is 0.252. The minimum absolute atomic E-state index is 0.141. The average Bonchev–Trinajstić information content (AvgIpc) is 3.23. The molecule has 0 spiro atoms. The lowest BCUT2D eigenvalue weighted by Gasteiger charge is -2.18. The molecule has 4 rings (SSSR count). The van der Waals surface area contributed by atoms with Crippen molar-refractivity contribution in [2.24, 2.45) is 0 Å². The maximum Gasteiger partial charge on any atom is 0.440 e. The largest absolute Gasteiger partial charge is 0.492 e. The lowest BCUT2D eigenvalue weighted by molar-refractivity contribution is -0.123. The highest BCUT2D eigenvalue weighted by atomic mass is 16.5. The second-order valence-electron chi connectivity index (χ2n) is 9.16. The summed E-state index contributed by atoms with van der Waals surface area (Å²) < 4.78 is 17.6. The highest BCUT2D eigenvalue weighted by Gasteiger charge is 2.13. The van der Waals surface area contributed by atoms with Crippen molar-refractivity contribution in [2.45, 2.75) is 33.9 Å². The van der Waals surface area contributed by atoms with Gasteiger partial charge in [0.25, 0.3) is 0 Å². The number of nitrogens with one attached hydrogen (secondary N) is 2. The van der Waals surface area contributed by atoms with Gasteiger partial charge in [0.1, 0.15) is 31.3 Å². The van der Waals surface area contributed by atoms with E-state index in [0.29, 0.717) is 25.5 Å². The first-order valence-electron chi connectivity index (χ1n) is 12.5. The predicted octanol–water partition coefficient (Wildman–Crippen LogP) is 2.84. The summed E-state index contributed by atoms with van der Waals surface area (Å²) in [6.07, 6.45) is 0. The molecular formula is C29H31N3O7. The van der Waals surface area contributed by atoms with Crippen LogP contribution in [0.1, 0.15) is 27.8 Å². The summed E-state index contributed by atoms with van der Waals surface area (Å²) in [7, 11) is 0. The molecule has 0 bridgehead atoms. The molecular weight excluding hydrogens is 502 g/mol. The molecule has 4 aromatic rings. The van der Waals surface area contributed by atoms with Crippen LogP contribution in [0.4, 0.5) is 0 Å². The van der Waals surface area contributed by atoms with Crippen molar-refractivity contribution in [3.63, 3.8) is 0 Å². The number of benzene rings is 3. The molecule has 1 amide bonds. The Kier molecular flexibility index (Phi) is 8.67. The van der Waals surface area contributed by atoms with Gasteiger partial charge in [-0.05, 0) is 84.0 Å². The Balaban J connectivity index is 1.42. The summed E-state index contributed by atoms with van der Waals surface area (Å²) in [6, 6.07) is 17.4. The minimum atomic E-state index is -0.784. The number of nitrogens with zero attached hydrogens (tertiary/aromatic N) is 1. The number of aromatic nitrogens is 2. The molecule has 3 N–H and O–H groups in total. The van der Waals surface area contributed by atoms with Crippen LogP contribution in [0.5, 0.6) is 11.5 Å². The summed E-state index contributed by atoms with van der Waals surface area (Å²) in [4.78, 5) is 36.0. The van der Waals surface area contributed by atoms with Crippen LogP contribution in [-0.2, 0) is 17.9 Å². The predicted molar refractivity (Wildman–Crippen MR) is 145 cm³/mol. The highest BCUT2D eigenvalue weighted by Crippen LogP contribution is 2.34. The fourth-order valence-electron chi connectivity index (χ4n) is 4.39. The van der Waals surface area contributed by atoms with E-state index in [0.717, 1.165) is 49.4 Å². The molecule has 0 unspecified atom stereocenters. The summed E-state index contributed by atoms with van der Waals surface area (Å²) in [5.41, 5.74) is 6.75.